The number of carbonyl (C=O) groups excluding carboxylic acids is 1. The summed E-state index contributed by atoms with van der Waals surface area (Å²) in [5.74, 6) is 0.0903. The maximum atomic E-state index is 11.7. The Balaban J connectivity index is 1.84. The lowest BCUT2D eigenvalue weighted by Gasteiger charge is -2.09. The van der Waals surface area contributed by atoms with Crippen LogP contribution in [0.2, 0.25) is 5.28 Å². The summed E-state index contributed by atoms with van der Waals surface area (Å²) in [6.07, 6.45) is 3.69. The Kier molecular flexibility index (Phi) is 6.05. The number of fused-ring (bicyclic) bond motifs is 1. The summed E-state index contributed by atoms with van der Waals surface area (Å²) in [6, 6.07) is 7.42. The molecule has 0 amide bonds. The third-order valence-electron chi connectivity index (χ3n) is 3.90. The van der Waals surface area contributed by atoms with E-state index in [1.165, 1.54) is 18.2 Å². The van der Waals surface area contributed by atoms with Crippen molar-refractivity contribution >= 4 is 34.3 Å². The fourth-order valence-electron chi connectivity index (χ4n) is 2.50. The largest absolute Gasteiger partial charge is 0.444 e. The van der Waals surface area contributed by atoms with Crippen molar-refractivity contribution in [1.82, 2.24) is 14.5 Å². The summed E-state index contributed by atoms with van der Waals surface area (Å²) < 4.78 is 12.5. The molecule has 0 saturated heterocycles. The first-order valence-corrected chi connectivity index (χ1v) is 8.96. The molecule has 0 aliphatic carbocycles. The van der Waals surface area contributed by atoms with E-state index in [9.17, 15) is 14.9 Å². The van der Waals surface area contributed by atoms with Crippen molar-refractivity contribution in [1.29, 1.82) is 0 Å². The van der Waals surface area contributed by atoms with Gasteiger partial charge in [-0.2, -0.15) is 9.97 Å². The van der Waals surface area contributed by atoms with E-state index in [2.05, 4.69) is 9.97 Å². The molecule has 9 nitrogen and oxygen atoms in total. The normalized spacial score (nSPS) is 10.8. The molecule has 0 aliphatic heterocycles. The van der Waals surface area contributed by atoms with Gasteiger partial charge in [0.1, 0.15) is 5.75 Å². The highest BCUT2D eigenvalue weighted by molar-refractivity contribution is 6.28. The molecule has 0 fully saturated rings. The van der Waals surface area contributed by atoms with Crippen molar-refractivity contribution in [3.8, 4) is 11.6 Å². The zero-order valence-corrected chi connectivity index (χ0v) is 15.8. The van der Waals surface area contributed by atoms with Crippen LogP contribution in [0.4, 0.5) is 5.69 Å². The summed E-state index contributed by atoms with van der Waals surface area (Å²) in [6.45, 7) is 1.98. The van der Waals surface area contributed by atoms with Crippen LogP contribution >= 0.6 is 11.6 Å². The molecule has 10 heteroatoms. The van der Waals surface area contributed by atoms with Crippen LogP contribution in [0.3, 0.4) is 0 Å². The summed E-state index contributed by atoms with van der Waals surface area (Å²) >= 11 is 6.00. The van der Waals surface area contributed by atoms with Crippen molar-refractivity contribution in [2.45, 2.75) is 32.9 Å². The number of ether oxygens (including phenoxy) is 2. The van der Waals surface area contributed by atoms with Crippen LogP contribution < -0.4 is 4.74 Å². The van der Waals surface area contributed by atoms with Crippen LogP contribution in [0, 0.1) is 10.1 Å². The molecule has 0 bridgehead atoms. The average Bonchev–Trinajstić information content (AvgIpc) is 3.07. The summed E-state index contributed by atoms with van der Waals surface area (Å²) in [5.41, 5.74) is 0.314. The third-order valence-corrected chi connectivity index (χ3v) is 4.07. The third kappa shape index (κ3) is 4.55. The Hall–Kier alpha value is -3.20. The van der Waals surface area contributed by atoms with Crippen molar-refractivity contribution in [2.24, 2.45) is 0 Å². The number of aromatic nitrogens is 3. The molecule has 146 valence electrons. The van der Waals surface area contributed by atoms with E-state index >= 15 is 0 Å². The highest BCUT2D eigenvalue weighted by atomic mass is 35.5. The number of nitro benzene ring substituents is 1. The highest BCUT2D eigenvalue weighted by Crippen LogP contribution is 2.30. The highest BCUT2D eigenvalue weighted by Gasteiger charge is 2.15. The van der Waals surface area contributed by atoms with Gasteiger partial charge < -0.3 is 9.47 Å². The number of benzene rings is 1. The second kappa shape index (κ2) is 8.66. The van der Waals surface area contributed by atoms with Crippen LogP contribution in [0.5, 0.6) is 11.6 Å². The van der Waals surface area contributed by atoms with E-state index in [0.29, 0.717) is 17.5 Å². The topological polar surface area (TPSA) is 109 Å². The minimum absolute atomic E-state index is 0.0182. The summed E-state index contributed by atoms with van der Waals surface area (Å²) in [7, 11) is 0. The maximum absolute atomic E-state index is 11.7. The van der Waals surface area contributed by atoms with Gasteiger partial charge in [0, 0.05) is 18.7 Å². The van der Waals surface area contributed by atoms with E-state index in [1.807, 2.05) is 6.92 Å². The van der Waals surface area contributed by atoms with Crippen molar-refractivity contribution in [3.05, 3.63) is 51.9 Å². The number of halogens is 1. The molecule has 0 aliphatic rings. The van der Waals surface area contributed by atoms with Gasteiger partial charge in [-0.25, -0.2) is 0 Å². The van der Waals surface area contributed by atoms with E-state index in [1.54, 1.807) is 22.9 Å². The SMILES string of the molecule is CCCCC(=O)OCn1ccc2c(Oc3cccc([N+](=O)[O-])c3)nc(Cl)nc21. The zero-order chi connectivity index (χ0) is 20.1. The second-order valence-corrected chi connectivity index (χ2v) is 6.26. The van der Waals surface area contributed by atoms with Crippen LogP contribution in [-0.4, -0.2) is 25.4 Å². The first kappa shape index (κ1) is 19.6. The lowest BCUT2D eigenvalue weighted by molar-refractivity contribution is -0.384. The van der Waals surface area contributed by atoms with Crippen LogP contribution in [0.15, 0.2) is 36.5 Å². The molecule has 0 N–H and O–H groups in total. The van der Waals surface area contributed by atoms with Gasteiger partial charge >= 0.3 is 5.97 Å². The Morgan fingerprint density at radius 3 is 2.89 bits per heavy atom. The van der Waals surface area contributed by atoms with Gasteiger partial charge in [-0.1, -0.05) is 19.4 Å². The number of rotatable bonds is 8. The Labute approximate surface area is 165 Å². The van der Waals surface area contributed by atoms with Crippen molar-refractivity contribution < 1.29 is 19.2 Å². The lowest BCUT2D eigenvalue weighted by atomic mass is 10.3. The summed E-state index contributed by atoms with van der Waals surface area (Å²) in [4.78, 5) is 30.4. The van der Waals surface area contributed by atoms with Gasteiger partial charge in [-0.05, 0) is 30.2 Å². The molecule has 2 heterocycles. The predicted molar refractivity (Wildman–Crippen MR) is 101 cm³/mol. The smallest absolute Gasteiger partial charge is 0.307 e. The first-order valence-electron chi connectivity index (χ1n) is 8.58. The van der Waals surface area contributed by atoms with Crippen molar-refractivity contribution in [2.75, 3.05) is 0 Å². The molecular weight excluding hydrogens is 388 g/mol. The minimum atomic E-state index is -0.515. The molecule has 2 aromatic heterocycles. The molecule has 0 saturated carbocycles. The number of hydrogen-bond donors (Lipinski definition) is 0. The van der Waals surface area contributed by atoms with E-state index in [-0.39, 0.29) is 35.3 Å². The van der Waals surface area contributed by atoms with Gasteiger partial charge in [0.25, 0.3) is 5.69 Å². The van der Waals surface area contributed by atoms with Gasteiger partial charge in [-0.15, -0.1) is 0 Å². The molecule has 0 spiro atoms. The Morgan fingerprint density at radius 2 is 2.14 bits per heavy atom. The molecule has 3 rings (SSSR count). The second-order valence-electron chi connectivity index (χ2n) is 5.93. The fourth-order valence-corrected chi connectivity index (χ4v) is 2.66. The molecule has 0 atom stereocenters. The van der Waals surface area contributed by atoms with Gasteiger partial charge in [0.15, 0.2) is 12.4 Å². The fraction of sp³-hybridized carbons (Fsp3) is 0.278. The first-order chi connectivity index (χ1) is 13.5. The number of non-ortho nitro benzene ring substituents is 1. The molecule has 28 heavy (non-hydrogen) atoms. The number of hydrogen-bond acceptors (Lipinski definition) is 7. The van der Waals surface area contributed by atoms with Gasteiger partial charge in [0.05, 0.1) is 16.4 Å². The summed E-state index contributed by atoms with van der Waals surface area (Å²) in [5, 5.41) is 11.4. The number of esters is 1. The molecular formula is C18H17ClN4O5. The number of unbranched alkanes of at least 4 members (excludes halogenated alkanes) is 1. The van der Waals surface area contributed by atoms with Gasteiger partial charge in [0.2, 0.25) is 11.2 Å². The molecule has 1 aromatic carbocycles. The quantitative estimate of drug-likeness (QED) is 0.235. The Morgan fingerprint density at radius 1 is 1.32 bits per heavy atom. The number of nitro groups is 1. The van der Waals surface area contributed by atoms with Crippen LogP contribution in [0.1, 0.15) is 26.2 Å². The van der Waals surface area contributed by atoms with Crippen molar-refractivity contribution in [3.63, 3.8) is 0 Å². The molecule has 3 aromatic rings. The minimum Gasteiger partial charge on any atom is -0.444 e. The van der Waals surface area contributed by atoms with E-state index in [0.717, 1.165) is 12.8 Å². The number of carbonyl (C=O) groups is 1. The number of nitrogens with zero attached hydrogens (tertiary/aromatic N) is 4. The molecule has 0 radical (unpaired) electrons. The standard InChI is InChI=1S/C18H17ClN4O5/c1-2-3-7-15(24)27-11-22-9-8-14-16(22)20-18(19)21-17(14)28-13-6-4-5-12(10-13)23(25)26/h4-6,8-10H,2-3,7,11H2,1H3. The van der Waals surface area contributed by atoms with Crippen LogP contribution in [0.25, 0.3) is 11.0 Å². The molecule has 0 unspecified atom stereocenters. The van der Waals surface area contributed by atoms with E-state index < -0.39 is 4.92 Å². The van der Waals surface area contributed by atoms with Crippen LogP contribution in [-0.2, 0) is 16.3 Å². The maximum Gasteiger partial charge on any atom is 0.307 e. The lowest BCUT2D eigenvalue weighted by Crippen LogP contribution is -2.09. The van der Waals surface area contributed by atoms with E-state index in [4.69, 9.17) is 21.1 Å². The monoisotopic (exact) mass is 404 g/mol. The average molecular weight is 405 g/mol. The zero-order valence-electron chi connectivity index (χ0n) is 15.0. The predicted octanol–water partition coefficient (Wildman–Crippen LogP) is 4.48. The Bertz CT molecular complexity index is 1020. The van der Waals surface area contributed by atoms with Gasteiger partial charge in [-0.3, -0.25) is 19.5 Å².